The maximum atomic E-state index is 11.7. The summed E-state index contributed by atoms with van der Waals surface area (Å²) in [4.78, 5) is 11.3. The monoisotopic (exact) mass is 299 g/mol. The molecule has 0 bridgehead atoms. The quantitative estimate of drug-likeness (QED) is 0.787. The second-order valence-electron chi connectivity index (χ2n) is 5.08. The van der Waals surface area contributed by atoms with Gasteiger partial charge in [-0.05, 0) is 17.7 Å². The number of hydrogen-bond acceptors (Lipinski definition) is 6. The van der Waals surface area contributed by atoms with Crippen LogP contribution in [0.2, 0.25) is 0 Å². The molecule has 1 aromatic carbocycles. The van der Waals surface area contributed by atoms with Crippen LogP contribution in [0.3, 0.4) is 0 Å². The number of ether oxygens (including phenoxy) is 2. The third-order valence-electron chi connectivity index (χ3n) is 3.77. The lowest BCUT2D eigenvalue weighted by atomic mass is 10.1. The van der Waals surface area contributed by atoms with Gasteiger partial charge in [-0.15, -0.1) is 0 Å². The molecule has 7 nitrogen and oxygen atoms in total. The number of fused-ring (bicyclic) bond motifs is 1. The number of rotatable bonds is 3. The van der Waals surface area contributed by atoms with Gasteiger partial charge in [0.25, 0.3) is 0 Å². The van der Waals surface area contributed by atoms with E-state index in [0.29, 0.717) is 17.1 Å². The van der Waals surface area contributed by atoms with Crippen molar-refractivity contribution >= 4 is 15.8 Å². The lowest BCUT2D eigenvalue weighted by Crippen LogP contribution is -2.39. The molecular formula is C12H13NO6S. The summed E-state index contributed by atoms with van der Waals surface area (Å²) >= 11 is 0. The van der Waals surface area contributed by atoms with Crippen LogP contribution in [0, 0.1) is 0 Å². The predicted molar refractivity (Wildman–Crippen MR) is 68.5 cm³/mol. The van der Waals surface area contributed by atoms with E-state index < -0.39 is 32.5 Å². The van der Waals surface area contributed by atoms with Crippen LogP contribution < -0.4 is 15.2 Å². The third-order valence-corrected chi connectivity index (χ3v) is 5.35. The van der Waals surface area contributed by atoms with Crippen molar-refractivity contribution in [2.24, 2.45) is 5.73 Å². The van der Waals surface area contributed by atoms with Crippen molar-refractivity contribution in [1.29, 1.82) is 0 Å². The fourth-order valence-electron chi connectivity index (χ4n) is 2.79. The van der Waals surface area contributed by atoms with Crippen molar-refractivity contribution in [3.63, 3.8) is 0 Å². The van der Waals surface area contributed by atoms with Gasteiger partial charge in [0.15, 0.2) is 21.3 Å². The Hall–Kier alpha value is -1.80. The number of hydrogen-bond donors (Lipinski definition) is 2. The summed E-state index contributed by atoms with van der Waals surface area (Å²) in [6, 6.07) is 4.83. The molecule has 20 heavy (non-hydrogen) atoms. The van der Waals surface area contributed by atoms with Crippen LogP contribution in [-0.2, 0) is 14.6 Å². The van der Waals surface area contributed by atoms with E-state index in [4.69, 9.17) is 15.2 Å². The van der Waals surface area contributed by atoms with E-state index in [0.717, 1.165) is 6.26 Å². The van der Waals surface area contributed by atoms with E-state index in [1.54, 1.807) is 18.2 Å². The number of benzene rings is 1. The Kier molecular flexibility index (Phi) is 2.55. The Balaban J connectivity index is 2.04. The van der Waals surface area contributed by atoms with Gasteiger partial charge in [0.05, 0.1) is 5.25 Å². The van der Waals surface area contributed by atoms with Gasteiger partial charge < -0.3 is 20.3 Å². The summed E-state index contributed by atoms with van der Waals surface area (Å²) < 4.78 is 33.8. The SMILES string of the molecule is CS(=O)(=O)[C@H]1[C@H](c2ccc3c(c2)OCO3)[C@@]1(N)C(=O)O. The van der Waals surface area contributed by atoms with Crippen LogP contribution in [0.15, 0.2) is 18.2 Å². The molecule has 108 valence electrons. The number of nitrogens with two attached hydrogens (primary N) is 1. The van der Waals surface area contributed by atoms with Crippen LogP contribution in [0.25, 0.3) is 0 Å². The molecule has 2 aliphatic rings. The Bertz CT molecular complexity index is 700. The van der Waals surface area contributed by atoms with Crippen molar-refractivity contribution in [3.05, 3.63) is 23.8 Å². The minimum absolute atomic E-state index is 0.0889. The van der Waals surface area contributed by atoms with Gasteiger partial charge in [-0.3, -0.25) is 4.79 Å². The second kappa shape index (κ2) is 3.86. The third kappa shape index (κ3) is 1.68. The van der Waals surface area contributed by atoms with Crippen LogP contribution in [-0.4, -0.2) is 43.3 Å². The van der Waals surface area contributed by atoms with E-state index in [1.807, 2.05) is 0 Å². The average molecular weight is 299 g/mol. The van der Waals surface area contributed by atoms with E-state index in [1.165, 1.54) is 0 Å². The fourth-order valence-corrected chi connectivity index (χ4v) is 4.54. The summed E-state index contributed by atoms with van der Waals surface area (Å²) in [6.45, 7) is 0.0889. The van der Waals surface area contributed by atoms with Crippen LogP contribution in [0.5, 0.6) is 11.5 Å². The molecule has 0 radical (unpaired) electrons. The highest BCUT2D eigenvalue weighted by Gasteiger charge is 2.73. The maximum Gasteiger partial charge on any atom is 0.325 e. The largest absolute Gasteiger partial charge is 0.480 e. The fraction of sp³-hybridized carbons (Fsp3) is 0.417. The summed E-state index contributed by atoms with van der Waals surface area (Å²) in [5.74, 6) is -1.10. The molecule has 1 saturated carbocycles. The van der Waals surface area contributed by atoms with E-state index >= 15 is 0 Å². The molecule has 0 unspecified atom stereocenters. The van der Waals surface area contributed by atoms with Gasteiger partial charge in [-0.1, -0.05) is 6.07 Å². The smallest absolute Gasteiger partial charge is 0.325 e. The standard InChI is InChI=1S/C12H13NO6S/c1-20(16,17)10-9(12(10,13)11(14)15)6-2-3-7-8(4-6)19-5-18-7/h2-4,9-10H,5,13H2,1H3,(H,14,15)/t9-,10-,12-/m0/s1. The molecule has 0 spiro atoms. The first-order valence-electron chi connectivity index (χ1n) is 5.87. The van der Waals surface area contributed by atoms with Crippen molar-refractivity contribution in [1.82, 2.24) is 0 Å². The summed E-state index contributed by atoms with van der Waals surface area (Å²) in [7, 11) is -3.57. The molecule has 0 aromatic heterocycles. The lowest BCUT2D eigenvalue weighted by Gasteiger charge is -2.05. The van der Waals surface area contributed by atoms with Crippen molar-refractivity contribution in [3.8, 4) is 11.5 Å². The van der Waals surface area contributed by atoms with E-state index in [2.05, 4.69) is 0 Å². The molecule has 1 aromatic rings. The number of carboxylic acid groups (broad SMARTS) is 1. The number of aliphatic carboxylic acids is 1. The normalized spacial score (nSPS) is 31.1. The van der Waals surface area contributed by atoms with Crippen molar-refractivity contribution in [2.75, 3.05) is 13.0 Å². The second-order valence-corrected chi connectivity index (χ2v) is 7.25. The van der Waals surface area contributed by atoms with Crippen LogP contribution in [0.4, 0.5) is 0 Å². The average Bonchev–Trinajstić information content (AvgIpc) is 2.79. The first kappa shape index (κ1) is 13.2. The Morgan fingerprint density at radius 3 is 2.60 bits per heavy atom. The van der Waals surface area contributed by atoms with E-state index in [9.17, 15) is 18.3 Å². The molecule has 3 atom stereocenters. The van der Waals surface area contributed by atoms with Gasteiger partial charge in [-0.25, -0.2) is 8.42 Å². The van der Waals surface area contributed by atoms with Gasteiger partial charge in [0.2, 0.25) is 6.79 Å². The molecule has 8 heteroatoms. The van der Waals surface area contributed by atoms with Gasteiger partial charge >= 0.3 is 5.97 Å². The molecule has 1 fully saturated rings. The van der Waals surface area contributed by atoms with Crippen LogP contribution >= 0.6 is 0 Å². The van der Waals surface area contributed by atoms with Crippen molar-refractivity contribution < 1.29 is 27.8 Å². The van der Waals surface area contributed by atoms with Crippen LogP contribution in [0.1, 0.15) is 11.5 Å². The predicted octanol–water partition coefficient (Wildman–Crippen LogP) is -0.292. The number of carboxylic acids is 1. The highest BCUT2D eigenvalue weighted by molar-refractivity contribution is 7.91. The minimum Gasteiger partial charge on any atom is -0.480 e. The molecule has 3 N–H and O–H groups in total. The highest BCUT2D eigenvalue weighted by Crippen LogP contribution is 2.55. The first-order chi connectivity index (χ1) is 9.26. The molecule has 0 saturated heterocycles. The summed E-state index contributed by atoms with van der Waals surface area (Å²) in [5, 5.41) is 8.09. The Morgan fingerprint density at radius 2 is 2.05 bits per heavy atom. The zero-order chi connectivity index (χ0) is 14.7. The molecule has 1 aliphatic carbocycles. The zero-order valence-corrected chi connectivity index (χ0v) is 11.4. The summed E-state index contributed by atoms with van der Waals surface area (Å²) in [5.41, 5.74) is 4.52. The number of sulfone groups is 1. The van der Waals surface area contributed by atoms with Crippen molar-refractivity contribution in [2.45, 2.75) is 16.7 Å². The first-order valence-corrected chi connectivity index (χ1v) is 7.82. The topological polar surface area (TPSA) is 116 Å². The van der Waals surface area contributed by atoms with Gasteiger partial charge in [-0.2, -0.15) is 0 Å². The lowest BCUT2D eigenvalue weighted by molar-refractivity contribution is -0.139. The molecular weight excluding hydrogens is 286 g/mol. The molecule has 3 rings (SSSR count). The Labute approximate surface area is 115 Å². The van der Waals surface area contributed by atoms with Gasteiger partial charge in [0.1, 0.15) is 5.54 Å². The molecule has 1 aliphatic heterocycles. The Morgan fingerprint density at radius 1 is 1.40 bits per heavy atom. The molecule has 1 heterocycles. The summed E-state index contributed by atoms with van der Waals surface area (Å²) in [6.07, 6.45) is 0.995. The molecule has 0 amide bonds. The highest BCUT2D eigenvalue weighted by atomic mass is 32.2. The zero-order valence-electron chi connectivity index (χ0n) is 10.6. The maximum absolute atomic E-state index is 11.7. The van der Waals surface area contributed by atoms with Gasteiger partial charge in [0, 0.05) is 12.2 Å². The van der Waals surface area contributed by atoms with E-state index in [-0.39, 0.29) is 6.79 Å². The minimum atomic E-state index is -3.57. The number of carbonyl (C=O) groups is 1.